The first kappa shape index (κ1) is 38.8. The molecule has 0 aliphatic carbocycles. The van der Waals surface area contributed by atoms with Crippen LogP contribution in [-0.2, 0) is 6.18 Å². The largest absolute Gasteiger partial charge is 0.416 e. The summed E-state index contributed by atoms with van der Waals surface area (Å²) in [5, 5.41) is 52.9. The van der Waals surface area contributed by atoms with Gasteiger partial charge >= 0.3 is 6.18 Å². The number of nitrogens with zero attached hydrogens (tertiary/aromatic N) is 7. The van der Waals surface area contributed by atoms with Gasteiger partial charge in [0.05, 0.1) is 97.2 Å². The molecular formula is C54H26F3N7. The molecule has 2 aromatic heterocycles. The SMILES string of the molecule is N#Cc1cc(C#N)cc(-c2ccc3c(c2)c2ccccc2n3-c2ccc(C(F)(F)F)cc2-c2c(C#N)cccc2-n2c3ccccc3c3cc(-c4cc(C#N)cc(C#N)c4)ccc32)c1. The van der Waals surface area contributed by atoms with Gasteiger partial charge in [0.1, 0.15) is 0 Å². The summed E-state index contributed by atoms with van der Waals surface area (Å²) in [5.74, 6) is 0. The molecule has 0 unspecified atom stereocenters. The summed E-state index contributed by atoms with van der Waals surface area (Å²) < 4.78 is 48.5. The van der Waals surface area contributed by atoms with Gasteiger partial charge in [0, 0.05) is 32.7 Å². The predicted molar refractivity (Wildman–Crippen MR) is 240 cm³/mol. The molecule has 298 valence electrons. The van der Waals surface area contributed by atoms with E-state index in [0.29, 0.717) is 55.8 Å². The Morgan fingerprint density at radius 2 is 0.844 bits per heavy atom. The Bertz CT molecular complexity index is 3790. The van der Waals surface area contributed by atoms with E-state index in [1.807, 2.05) is 94.1 Å². The molecule has 0 spiro atoms. The van der Waals surface area contributed by atoms with E-state index in [1.54, 1.807) is 42.5 Å². The van der Waals surface area contributed by atoms with E-state index in [0.717, 1.165) is 55.8 Å². The quantitative estimate of drug-likeness (QED) is 0.171. The van der Waals surface area contributed by atoms with Crippen molar-refractivity contribution in [3.63, 3.8) is 0 Å². The second kappa shape index (κ2) is 14.9. The van der Waals surface area contributed by atoms with Gasteiger partial charge in [-0.05, 0) is 125 Å². The molecule has 0 amide bonds. The van der Waals surface area contributed by atoms with Gasteiger partial charge in [-0.3, -0.25) is 0 Å². The van der Waals surface area contributed by atoms with Crippen molar-refractivity contribution in [1.29, 1.82) is 26.3 Å². The van der Waals surface area contributed by atoms with Gasteiger partial charge in [0.2, 0.25) is 0 Å². The maximum Gasteiger partial charge on any atom is 0.416 e. The van der Waals surface area contributed by atoms with E-state index in [4.69, 9.17) is 0 Å². The molecule has 0 atom stereocenters. The molecular weight excluding hydrogens is 804 g/mol. The first-order valence-corrected chi connectivity index (χ1v) is 19.9. The topological polar surface area (TPSA) is 129 Å². The standard InChI is InChI=1S/C54H26F3N7/c55-54(56,57)41-14-17-51(63-47-9-3-1-7-42(47)44-24-36(12-15-49(44)63)39-20-32(27-58)18-33(21-39)28-59)46(26-41)53-38(31-62)6-5-11-52(53)64-48-10-4-2-8-43(48)45-25-37(13-16-50(45)64)40-22-34(29-60)19-35(23-40)30-61/h1-26H. The molecule has 0 saturated carbocycles. The molecule has 0 N–H and O–H groups in total. The van der Waals surface area contributed by atoms with E-state index >= 15 is 0 Å². The number of para-hydroxylation sites is 2. The predicted octanol–water partition coefficient (Wildman–Crippen LogP) is 13.3. The summed E-state index contributed by atoms with van der Waals surface area (Å²) >= 11 is 0. The average Bonchev–Trinajstić information content (AvgIpc) is 3.84. The Morgan fingerprint density at radius 1 is 0.375 bits per heavy atom. The molecule has 64 heavy (non-hydrogen) atoms. The zero-order valence-electron chi connectivity index (χ0n) is 33.3. The zero-order chi connectivity index (χ0) is 44.3. The Labute approximate surface area is 363 Å². The van der Waals surface area contributed by atoms with E-state index in [9.17, 15) is 39.5 Å². The lowest BCUT2D eigenvalue weighted by Crippen LogP contribution is -2.08. The third-order valence-corrected chi connectivity index (χ3v) is 11.6. The highest BCUT2D eigenvalue weighted by Crippen LogP contribution is 2.45. The Kier molecular flexibility index (Phi) is 9.06. The van der Waals surface area contributed by atoms with Gasteiger partial charge < -0.3 is 9.13 Å². The number of benzene rings is 8. The lowest BCUT2D eigenvalue weighted by atomic mass is 9.94. The van der Waals surface area contributed by atoms with Crippen molar-refractivity contribution in [2.75, 3.05) is 0 Å². The second-order valence-electron chi connectivity index (χ2n) is 15.3. The molecule has 0 radical (unpaired) electrons. The molecule has 0 aliphatic heterocycles. The van der Waals surface area contributed by atoms with Crippen LogP contribution in [0.4, 0.5) is 13.2 Å². The fourth-order valence-corrected chi connectivity index (χ4v) is 8.88. The summed E-state index contributed by atoms with van der Waals surface area (Å²) in [6.45, 7) is 0. The highest BCUT2D eigenvalue weighted by molar-refractivity contribution is 6.13. The fourth-order valence-electron chi connectivity index (χ4n) is 8.88. The van der Waals surface area contributed by atoms with Crippen LogP contribution in [0.25, 0.3) is 88.4 Å². The maximum atomic E-state index is 14.9. The van der Waals surface area contributed by atoms with Crippen LogP contribution in [0.2, 0.25) is 0 Å². The summed E-state index contributed by atoms with van der Waals surface area (Å²) in [7, 11) is 0. The van der Waals surface area contributed by atoms with Crippen molar-refractivity contribution in [1.82, 2.24) is 9.13 Å². The van der Waals surface area contributed by atoms with Crippen LogP contribution < -0.4 is 0 Å². The van der Waals surface area contributed by atoms with Gasteiger partial charge in [-0.1, -0.05) is 54.6 Å². The molecule has 10 aromatic rings. The van der Waals surface area contributed by atoms with Crippen molar-refractivity contribution in [3.8, 4) is 75.1 Å². The molecule has 10 rings (SSSR count). The maximum absolute atomic E-state index is 14.9. The number of halogens is 3. The van der Waals surface area contributed by atoms with Gasteiger partial charge in [-0.2, -0.15) is 39.5 Å². The third-order valence-electron chi connectivity index (χ3n) is 11.6. The van der Waals surface area contributed by atoms with Crippen molar-refractivity contribution in [2.45, 2.75) is 6.18 Å². The molecule has 8 aromatic carbocycles. The highest BCUT2D eigenvalue weighted by atomic mass is 19.4. The van der Waals surface area contributed by atoms with Crippen molar-refractivity contribution >= 4 is 43.6 Å². The summed E-state index contributed by atoms with van der Waals surface area (Å²) in [4.78, 5) is 0. The minimum Gasteiger partial charge on any atom is -0.309 e. The fraction of sp³-hybridized carbons (Fsp3) is 0.0185. The molecule has 10 heteroatoms. The van der Waals surface area contributed by atoms with Gasteiger partial charge in [-0.15, -0.1) is 0 Å². The van der Waals surface area contributed by atoms with Gasteiger partial charge in [0.25, 0.3) is 0 Å². The molecule has 0 fully saturated rings. The lowest BCUT2D eigenvalue weighted by molar-refractivity contribution is -0.137. The van der Waals surface area contributed by atoms with Crippen LogP contribution in [0.3, 0.4) is 0 Å². The van der Waals surface area contributed by atoms with E-state index < -0.39 is 11.7 Å². The molecule has 2 heterocycles. The number of hydrogen-bond donors (Lipinski definition) is 0. The summed E-state index contributed by atoms with van der Waals surface area (Å²) in [5.41, 5.74) is 7.67. The Balaban J connectivity index is 1.26. The van der Waals surface area contributed by atoms with Crippen LogP contribution in [0.1, 0.15) is 33.4 Å². The number of nitriles is 5. The summed E-state index contributed by atoms with van der Waals surface area (Å²) in [6, 6.07) is 56.1. The van der Waals surface area contributed by atoms with Crippen molar-refractivity contribution in [3.05, 3.63) is 191 Å². The number of rotatable bonds is 5. The highest BCUT2D eigenvalue weighted by Gasteiger charge is 2.33. The third kappa shape index (κ3) is 6.26. The van der Waals surface area contributed by atoms with Gasteiger partial charge in [-0.25, -0.2) is 0 Å². The number of fused-ring (bicyclic) bond motifs is 6. The van der Waals surface area contributed by atoms with E-state index in [-0.39, 0.29) is 16.7 Å². The van der Waals surface area contributed by atoms with E-state index in [2.05, 4.69) is 30.3 Å². The summed E-state index contributed by atoms with van der Waals surface area (Å²) in [6.07, 6.45) is -4.72. The first-order valence-electron chi connectivity index (χ1n) is 19.9. The number of alkyl halides is 3. The molecule has 0 saturated heterocycles. The number of hydrogen-bond acceptors (Lipinski definition) is 5. The van der Waals surface area contributed by atoms with Crippen LogP contribution in [0.15, 0.2) is 158 Å². The van der Waals surface area contributed by atoms with Crippen LogP contribution in [0, 0.1) is 56.7 Å². The average molecular weight is 830 g/mol. The zero-order valence-corrected chi connectivity index (χ0v) is 33.3. The Morgan fingerprint density at radius 3 is 1.31 bits per heavy atom. The molecule has 7 nitrogen and oxygen atoms in total. The smallest absolute Gasteiger partial charge is 0.309 e. The van der Waals surface area contributed by atoms with Crippen LogP contribution in [-0.4, -0.2) is 9.13 Å². The molecule has 0 bridgehead atoms. The van der Waals surface area contributed by atoms with Crippen molar-refractivity contribution < 1.29 is 13.2 Å². The van der Waals surface area contributed by atoms with Gasteiger partial charge in [0.15, 0.2) is 0 Å². The van der Waals surface area contributed by atoms with Crippen LogP contribution in [0.5, 0.6) is 0 Å². The monoisotopic (exact) mass is 829 g/mol. The van der Waals surface area contributed by atoms with Crippen molar-refractivity contribution in [2.24, 2.45) is 0 Å². The number of aromatic nitrogens is 2. The minimum atomic E-state index is -4.72. The Hall–Kier alpha value is -9.40. The molecule has 0 aliphatic rings. The van der Waals surface area contributed by atoms with Crippen LogP contribution >= 0.6 is 0 Å². The first-order chi connectivity index (χ1) is 31.1. The second-order valence-corrected chi connectivity index (χ2v) is 15.3. The lowest BCUT2D eigenvalue weighted by Gasteiger charge is -2.21. The normalized spacial score (nSPS) is 11.3. The van der Waals surface area contributed by atoms with E-state index in [1.165, 1.54) is 18.2 Å². The minimum absolute atomic E-state index is 0.159.